The van der Waals surface area contributed by atoms with Crippen molar-refractivity contribution in [1.29, 1.82) is 5.26 Å². The minimum atomic E-state index is 0.0411. The summed E-state index contributed by atoms with van der Waals surface area (Å²) in [5.41, 5.74) is 2.19. The van der Waals surface area contributed by atoms with Crippen LogP contribution in [0.2, 0.25) is 0 Å². The Morgan fingerprint density at radius 3 is 2.68 bits per heavy atom. The van der Waals surface area contributed by atoms with Gasteiger partial charge >= 0.3 is 0 Å². The highest BCUT2D eigenvalue weighted by Crippen LogP contribution is 2.44. The van der Waals surface area contributed by atoms with E-state index in [2.05, 4.69) is 32.2 Å². The molecule has 1 fully saturated rings. The third-order valence-electron chi connectivity index (χ3n) is 5.61. The summed E-state index contributed by atoms with van der Waals surface area (Å²) in [5, 5.41) is 14.1. The summed E-state index contributed by atoms with van der Waals surface area (Å²) in [5.74, 6) is 1.19. The number of hydrogen-bond donors (Lipinski definition) is 1. The first kappa shape index (κ1) is 18.8. The van der Waals surface area contributed by atoms with Crippen molar-refractivity contribution in [3.05, 3.63) is 16.0 Å². The molecule has 0 aromatic carbocycles. The quantitative estimate of drug-likeness (QED) is 0.767. The molecular formula is C20H28N2OS2. The van der Waals surface area contributed by atoms with E-state index < -0.39 is 0 Å². The Morgan fingerprint density at radius 1 is 1.32 bits per heavy atom. The lowest BCUT2D eigenvalue weighted by molar-refractivity contribution is -0.113. The van der Waals surface area contributed by atoms with E-state index in [4.69, 9.17) is 0 Å². The first-order valence-corrected chi connectivity index (χ1v) is 11.2. The Morgan fingerprint density at radius 2 is 2.04 bits per heavy atom. The molecule has 1 saturated carbocycles. The number of amides is 1. The lowest BCUT2D eigenvalue weighted by Crippen LogP contribution is -2.26. The van der Waals surface area contributed by atoms with Crippen LogP contribution in [0.25, 0.3) is 0 Å². The van der Waals surface area contributed by atoms with E-state index in [1.807, 2.05) is 0 Å². The summed E-state index contributed by atoms with van der Waals surface area (Å²) in [4.78, 5) is 13.6. The maximum Gasteiger partial charge on any atom is 0.235 e. The van der Waals surface area contributed by atoms with Crippen molar-refractivity contribution < 1.29 is 4.79 Å². The fourth-order valence-electron chi connectivity index (χ4n) is 3.94. The zero-order valence-electron chi connectivity index (χ0n) is 15.5. The summed E-state index contributed by atoms with van der Waals surface area (Å²) in [6.07, 6.45) is 8.20. The van der Waals surface area contributed by atoms with Crippen LogP contribution < -0.4 is 5.32 Å². The molecule has 1 aromatic rings. The van der Waals surface area contributed by atoms with Gasteiger partial charge in [0, 0.05) is 10.1 Å². The normalized spacial score (nSPS) is 21.0. The van der Waals surface area contributed by atoms with Crippen molar-refractivity contribution in [2.24, 2.45) is 11.3 Å². The Kier molecular flexibility index (Phi) is 5.80. The number of nitrogens with one attached hydrogen (secondary N) is 1. The molecule has 0 aliphatic heterocycles. The number of thiophene rings is 1. The molecule has 1 N–H and O–H groups in total. The number of carbonyl (C=O) groups is 1. The molecular weight excluding hydrogens is 348 g/mol. The molecule has 1 aromatic heterocycles. The van der Waals surface area contributed by atoms with Gasteiger partial charge in [-0.05, 0) is 49.0 Å². The number of anilines is 1. The summed E-state index contributed by atoms with van der Waals surface area (Å²) < 4.78 is 0. The van der Waals surface area contributed by atoms with Gasteiger partial charge in [0.1, 0.15) is 11.1 Å². The van der Waals surface area contributed by atoms with Gasteiger partial charge < -0.3 is 5.32 Å². The topological polar surface area (TPSA) is 52.9 Å². The van der Waals surface area contributed by atoms with Gasteiger partial charge in [-0.1, -0.05) is 33.6 Å². The van der Waals surface area contributed by atoms with Gasteiger partial charge in [-0.2, -0.15) is 5.26 Å². The van der Waals surface area contributed by atoms with E-state index in [1.54, 1.807) is 23.1 Å². The van der Waals surface area contributed by atoms with E-state index in [0.717, 1.165) is 24.3 Å². The third-order valence-corrected chi connectivity index (χ3v) is 8.15. The predicted octanol–water partition coefficient (Wildman–Crippen LogP) is 5.39. The number of thioether (sulfide) groups is 1. The molecule has 136 valence electrons. The first-order valence-electron chi connectivity index (χ1n) is 9.34. The molecule has 5 heteroatoms. The summed E-state index contributed by atoms with van der Waals surface area (Å²) in [6.45, 7) is 6.89. The number of hydrogen-bond acceptors (Lipinski definition) is 4. The lowest BCUT2D eigenvalue weighted by Gasteiger charge is -2.33. The van der Waals surface area contributed by atoms with Crippen molar-refractivity contribution in [2.45, 2.75) is 71.0 Å². The van der Waals surface area contributed by atoms with E-state index in [1.165, 1.54) is 36.1 Å². The Labute approximate surface area is 159 Å². The van der Waals surface area contributed by atoms with Gasteiger partial charge in [-0.3, -0.25) is 4.79 Å². The smallest absolute Gasteiger partial charge is 0.235 e. The average Bonchev–Trinajstić information content (AvgIpc) is 3.18. The molecule has 0 spiro atoms. The Bertz CT molecular complexity index is 675. The number of nitriles is 1. The zero-order valence-corrected chi connectivity index (χ0v) is 17.1. The van der Waals surface area contributed by atoms with Crippen molar-refractivity contribution in [3.8, 4) is 6.07 Å². The van der Waals surface area contributed by atoms with Crippen LogP contribution in [0.4, 0.5) is 5.00 Å². The number of rotatable bonds is 4. The molecule has 0 radical (unpaired) electrons. The lowest BCUT2D eigenvalue weighted by atomic mass is 9.72. The molecule has 2 aliphatic carbocycles. The fraction of sp³-hybridized carbons (Fsp3) is 0.700. The van der Waals surface area contributed by atoms with E-state index in [9.17, 15) is 10.1 Å². The van der Waals surface area contributed by atoms with Gasteiger partial charge in [-0.25, -0.2) is 0 Å². The highest BCUT2D eigenvalue weighted by Gasteiger charge is 2.32. The second-order valence-electron chi connectivity index (χ2n) is 8.39. The molecule has 0 bridgehead atoms. The van der Waals surface area contributed by atoms with E-state index >= 15 is 0 Å². The highest BCUT2D eigenvalue weighted by atomic mass is 32.2. The number of nitrogens with zero attached hydrogens (tertiary/aromatic N) is 1. The van der Waals surface area contributed by atoms with E-state index in [0.29, 0.717) is 22.5 Å². The monoisotopic (exact) mass is 376 g/mol. The SMILES string of the molecule is CC(C)(C)[C@H]1CCc2c(sc(NC(=O)CSC3CCCC3)c2C#N)C1. The van der Waals surface area contributed by atoms with Gasteiger partial charge in [0.2, 0.25) is 5.91 Å². The van der Waals surface area contributed by atoms with Crippen molar-refractivity contribution in [1.82, 2.24) is 0 Å². The van der Waals surface area contributed by atoms with Crippen LogP contribution in [-0.4, -0.2) is 16.9 Å². The van der Waals surface area contributed by atoms with Crippen molar-refractivity contribution >= 4 is 34.0 Å². The Balaban J connectivity index is 1.67. The largest absolute Gasteiger partial charge is 0.316 e. The fourth-order valence-corrected chi connectivity index (χ4v) is 6.36. The van der Waals surface area contributed by atoms with Crippen LogP contribution in [-0.2, 0) is 17.6 Å². The summed E-state index contributed by atoms with van der Waals surface area (Å²) >= 11 is 3.40. The molecule has 25 heavy (non-hydrogen) atoms. The molecule has 3 nitrogen and oxygen atoms in total. The van der Waals surface area contributed by atoms with Crippen LogP contribution in [0.15, 0.2) is 0 Å². The molecule has 1 atom stereocenters. The molecule has 0 unspecified atom stereocenters. The predicted molar refractivity (Wildman–Crippen MR) is 107 cm³/mol. The van der Waals surface area contributed by atoms with E-state index in [-0.39, 0.29) is 11.3 Å². The maximum atomic E-state index is 12.3. The van der Waals surface area contributed by atoms with Gasteiger partial charge in [0.15, 0.2) is 0 Å². The Hall–Kier alpha value is -0.990. The maximum absolute atomic E-state index is 12.3. The van der Waals surface area contributed by atoms with Gasteiger partial charge in [-0.15, -0.1) is 23.1 Å². The van der Waals surface area contributed by atoms with Gasteiger partial charge in [0.25, 0.3) is 0 Å². The van der Waals surface area contributed by atoms with Crippen LogP contribution in [0, 0.1) is 22.7 Å². The molecule has 0 saturated heterocycles. The van der Waals surface area contributed by atoms with Crippen LogP contribution in [0.1, 0.15) is 68.9 Å². The molecule has 1 heterocycles. The van der Waals surface area contributed by atoms with Crippen LogP contribution in [0.5, 0.6) is 0 Å². The zero-order chi connectivity index (χ0) is 18.0. The first-order chi connectivity index (χ1) is 11.9. The number of carbonyl (C=O) groups excluding carboxylic acids is 1. The second kappa shape index (κ2) is 7.72. The molecule has 3 rings (SSSR count). The average molecular weight is 377 g/mol. The molecule has 1 amide bonds. The van der Waals surface area contributed by atoms with Crippen molar-refractivity contribution in [2.75, 3.05) is 11.1 Å². The third kappa shape index (κ3) is 4.41. The van der Waals surface area contributed by atoms with Crippen molar-refractivity contribution in [3.63, 3.8) is 0 Å². The summed E-state index contributed by atoms with van der Waals surface area (Å²) in [6, 6.07) is 2.35. The minimum absolute atomic E-state index is 0.0411. The minimum Gasteiger partial charge on any atom is -0.316 e. The molecule has 2 aliphatic rings. The second-order valence-corrected chi connectivity index (χ2v) is 10.8. The van der Waals surface area contributed by atoms with Crippen LogP contribution >= 0.6 is 23.1 Å². The number of fused-ring (bicyclic) bond motifs is 1. The standard InChI is InChI=1S/C20H28N2OS2/c1-20(2,3)13-8-9-15-16(11-21)19(25-17(15)10-13)22-18(23)12-24-14-6-4-5-7-14/h13-14H,4-10,12H2,1-3H3,(H,22,23)/t13-/m0/s1. The summed E-state index contributed by atoms with van der Waals surface area (Å²) in [7, 11) is 0. The van der Waals surface area contributed by atoms with Crippen LogP contribution in [0.3, 0.4) is 0 Å². The highest BCUT2D eigenvalue weighted by molar-refractivity contribution is 8.00. The van der Waals surface area contributed by atoms with Gasteiger partial charge in [0.05, 0.1) is 11.3 Å².